The van der Waals surface area contributed by atoms with Crippen LogP contribution in [-0.2, 0) is 0 Å². The molecule has 1 rings (SSSR count). The van der Waals surface area contributed by atoms with E-state index in [4.69, 9.17) is 10.8 Å². The van der Waals surface area contributed by atoms with Crippen molar-refractivity contribution in [2.24, 2.45) is 5.73 Å². The number of ether oxygens (including phenoxy) is 1. The molecule has 6 heteroatoms. The molecule has 0 saturated heterocycles. The number of nitrogens with two attached hydrogens (primary N) is 1. The fourth-order valence-corrected chi connectivity index (χ4v) is 1.37. The van der Waals surface area contributed by atoms with Crippen LogP contribution >= 0.6 is 0 Å². The maximum Gasteiger partial charge on any atom is 0.204 e. The molecular weight excluding hydrogens is 223 g/mol. The second-order valence-corrected chi connectivity index (χ2v) is 3.23. The lowest BCUT2D eigenvalue weighted by atomic mass is 10.0. The highest BCUT2D eigenvalue weighted by molar-refractivity contribution is 5.38. The molecule has 3 nitrogen and oxygen atoms in total. The Morgan fingerprint density at radius 1 is 1.38 bits per heavy atom. The maximum absolute atomic E-state index is 13.3. The molecule has 1 aromatic rings. The Labute approximate surface area is 90.6 Å². The summed E-state index contributed by atoms with van der Waals surface area (Å²) in [4.78, 5) is 0. The van der Waals surface area contributed by atoms with Crippen LogP contribution in [0.3, 0.4) is 0 Å². The first kappa shape index (κ1) is 12.8. The third kappa shape index (κ3) is 2.28. The minimum atomic E-state index is -1.60. The van der Waals surface area contributed by atoms with Crippen LogP contribution in [0.5, 0.6) is 5.75 Å². The molecule has 0 amide bonds. The summed E-state index contributed by atoms with van der Waals surface area (Å²) in [6.45, 7) is -0.245. The Morgan fingerprint density at radius 3 is 2.50 bits per heavy atom. The first-order valence-electron chi connectivity index (χ1n) is 4.60. The first-order valence-corrected chi connectivity index (χ1v) is 4.60. The van der Waals surface area contributed by atoms with E-state index in [2.05, 4.69) is 4.74 Å². The van der Waals surface area contributed by atoms with Crippen LogP contribution in [0.4, 0.5) is 13.2 Å². The summed E-state index contributed by atoms with van der Waals surface area (Å²) in [6, 6.07) is -0.0399. The summed E-state index contributed by atoms with van der Waals surface area (Å²) in [6.07, 6.45) is 0.0981. The third-order valence-corrected chi connectivity index (χ3v) is 2.19. The molecule has 0 aliphatic carbocycles. The zero-order valence-electron chi connectivity index (χ0n) is 8.64. The Morgan fingerprint density at radius 2 is 2.00 bits per heavy atom. The summed E-state index contributed by atoms with van der Waals surface area (Å²) >= 11 is 0. The topological polar surface area (TPSA) is 55.5 Å². The van der Waals surface area contributed by atoms with Crippen molar-refractivity contribution in [2.75, 3.05) is 13.7 Å². The first-order chi connectivity index (χ1) is 7.52. The minimum absolute atomic E-state index is 0.00653. The van der Waals surface area contributed by atoms with E-state index in [0.717, 1.165) is 13.2 Å². The van der Waals surface area contributed by atoms with Gasteiger partial charge in [-0.2, -0.15) is 4.39 Å². The van der Waals surface area contributed by atoms with Gasteiger partial charge in [0.25, 0.3) is 0 Å². The second kappa shape index (κ2) is 5.18. The van der Waals surface area contributed by atoms with Crippen molar-refractivity contribution < 1.29 is 23.0 Å². The lowest BCUT2D eigenvalue weighted by Crippen LogP contribution is -2.15. The standard InChI is InChI=1S/C10H12F3NO2/c1-16-10-5(7(14)2-3-15)4-6(11)8(12)9(10)13/h4,7,15H,2-3,14H2,1H3. The molecule has 90 valence electrons. The monoisotopic (exact) mass is 235 g/mol. The van der Waals surface area contributed by atoms with Crippen molar-refractivity contribution in [1.29, 1.82) is 0 Å². The van der Waals surface area contributed by atoms with Gasteiger partial charge in [-0.05, 0) is 12.5 Å². The molecule has 1 atom stereocenters. The molecule has 1 unspecified atom stereocenters. The number of methoxy groups -OCH3 is 1. The van der Waals surface area contributed by atoms with E-state index in [1.165, 1.54) is 0 Å². The average molecular weight is 235 g/mol. The number of rotatable bonds is 4. The summed E-state index contributed by atoms with van der Waals surface area (Å²) in [5.41, 5.74) is 5.57. The van der Waals surface area contributed by atoms with E-state index in [0.29, 0.717) is 0 Å². The molecule has 0 aliphatic rings. The van der Waals surface area contributed by atoms with E-state index in [1.807, 2.05) is 0 Å². The van der Waals surface area contributed by atoms with Crippen molar-refractivity contribution in [3.05, 3.63) is 29.1 Å². The van der Waals surface area contributed by atoms with Gasteiger partial charge in [-0.25, -0.2) is 8.78 Å². The van der Waals surface area contributed by atoms with E-state index in [9.17, 15) is 13.2 Å². The Kier molecular flexibility index (Phi) is 4.14. The largest absolute Gasteiger partial charge is 0.493 e. The summed E-state index contributed by atoms with van der Waals surface area (Å²) in [5.74, 6) is -4.77. The molecule has 0 bridgehead atoms. The number of halogens is 3. The molecule has 0 aliphatic heterocycles. The van der Waals surface area contributed by atoms with Crippen LogP contribution in [0.2, 0.25) is 0 Å². The van der Waals surface area contributed by atoms with Crippen LogP contribution in [0, 0.1) is 17.5 Å². The minimum Gasteiger partial charge on any atom is -0.493 e. The molecule has 16 heavy (non-hydrogen) atoms. The molecule has 0 fully saturated rings. The third-order valence-electron chi connectivity index (χ3n) is 2.19. The number of aliphatic hydroxyl groups is 1. The van der Waals surface area contributed by atoms with Gasteiger partial charge < -0.3 is 15.6 Å². The summed E-state index contributed by atoms with van der Waals surface area (Å²) in [7, 11) is 1.13. The van der Waals surface area contributed by atoms with Crippen LogP contribution < -0.4 is 10.5 Å². The number of hydrogen-bond acceptors (Lipinski definition) is 3. The molecule has 0 saturated carbocycles. The number of hydrogen-bond donors (Lipinski definition) is 2. The Hall–Kier alpha value is -1.27. The van der Waals surface area contributed by atoms with Crippen LogP contribution in [0.25, 0.3) is 0 Å². The van der Waals surface area contributed by atoms with Crippen LogP contribution in [-0.4, -0.2) is 18.8 Å². The molecular formula is C10H12F3NO2. The van der Waals surface area contributed by atoms with Crippen molar-refractivity contribution >= 4 is 0 Å². The second-order valence-electron chi connectivity index (χ2n) is 3.23. The Balaban J connectivity index is 3.27. The summed E-state index contributed by atoms with van der Waals surface area (Å²) in [5, 5.41) is 8.67. The highest BCUT2D eigenvalue weighted by atomic mass is 19.2. The summed E-state index contributed by atoms with van der Waals surface area (Å²) < 4.78 is 43.8. The molecule has 0 heterocycles. The van der Waals surface area contributed by atoms with Gasteiger partial charge in [0.2, 0.25) is 5.82 Å². The zero-order valence-corrected chi connectivity index (χ0v) is 8.64. The Bertz CT molecular complexity index is 385. The van der Waals surface area contributed by atoms with Crippen molar-refractivity contribution in [3.63, 3.8) is 0 Å². The van der Waals surface area contributed by atoms with Gasteiger partial charge in [0, 0.05) is 18.2 Å². The van der Waals surface area contributed by atoms with Gasteiger partial charge in [-0.15, -0.1) is 0 Å². The lowest BCUT2D eigenvalue weighted by molar-refractivity contribution is 0.273. The molecule has 1 aromatic carbocycles. The smallest absolute Gasteiger partial charge is 0.204 e. The van der Waals surface area contributed by atoms with Crippen LogP contribution in [0.15, 0.2) is 6.07 Å². The fourth-order valence-electron chi connectivity index (χ4n) is 1.37. The van der Waals surface area contributed by atoms with Gasteiger partial charge in [0.15, 0.2) is 17.4 Å². The zero-order chi connectivity index (χ0) is 12.3. The predicted octanol–water partition coefficient (Wildman–Crippen LogP) is 1.49. The highest BCUT2D eigenvalue weighted by Crippen LogP contribution is 2.31. The van der Waals surface area contributed by atoms with Crippen molar-refractivity contribution in [1.82, 2.24) is 0 Å². The van der Waals surface area contributed by atoms with Crippen LogP contribution in [0.1, 0.15) is 18.0 Å². The van der Waals surface area contributed by atoms with Gasteiger partial charge in [0.05, 0.1) is 7.11 Å². The average Bonchev–Trinajstić information content (AvgIpc) is 2.26. The van der Waals surface area contributed by atoms with E-state index < -0.39 is 29.2 Å². The van der Waals surface area contributed by atoms with E-state index in [1.54, 1.807) is 0 Å². The molecule has 0 radical (unpaired) electrons. The SMILES string of the molecule is COc1c(C(N)CCO)cc(F)c(F)c1F. The normalized spacial score (nSPS) is 12.6. The van der Waals surface area contributed by atoms with Gasteiger partial charge >= 0.3 is 0 Å². The lowest BCUT2D eigenvalue weighted by Gasteiger charge is -2.15. The highest BCUT2D eigenvalue weighted by Gasteiger charge is 2.22. The van der Waals surface area contributed by atoms with E-state index >= 15 is 0 Å². The quantitative estimate of drug-likeness (QED) is 0.777. The molecule has 0 aromatic heterocycles. The van der Waals surface area contributed by atoms with Gasteiger partial charge in [-0.3, -0.25) is 0 Å². The predicted molar refractivity (Wildman–Crippen MR) is 51.5 cm³/mol. The molecule has 0 spiro atoms. The maximum atomic E-state index is 13.3. The van der Waals surface area contributed by atoms with Gasteiger partial charge in [0.1, 0.15) is 0 Å². The van der Waals surface area contributed by atoms with Crippen molar-refractivity contribution in [2.45, 2.75) is 12.5 Å². The number of benzene rings is 1. The molecule has 3 N–H and O–H groups in total. The fraction of sp³-hybridized carbons (Fsp3) is 0.400. The van der Waals surface area contributed by atoms with Gasteiger partial charge in [-0.1, -0.05) is 0 Å². The van der Waals surface area contributed by atoms with E-state index in [-0.39, 0.29) is 18.6 Å². The number of aliphatic hydroxyl groups excluding tert-OH is 1. The van der Waals surface area contributed by atoms with Crippen molar-refractivity contribution in [3.8, 4) is 5.75 Å².